The van der Waals surface area contributed by atoms with E-state index in [2.05, 4.69) is 15.0 Å². The molecule has 0 aromatic carbocycles. The number of hydrogen-bond acceptors (Lipinski definition) is 6. The number of aromatic nitrogens is 4. The molecule has 3 atom stereocenters. The molecule has 23 heavy (non-hydrogen) atoms. The number of nitrogens with one attached hydrogen (secondary N) is 2. The molecule has 1 aliphatic heterocycles. The first-order valence-corrected chi connectivity index (χ1v) is 7.35. The summed E-state index contributed by atoms with van der Waals surface area (Å²) in [6, 6.07) is 0. The summed E-state index contributed by atoms with van der Waals surface area (Å²) in [6.45, 7) is -0.332. The highest BCUT2D eigenvalue weighted by Crippen LogP contribution is 2.27. The molecule has 0 bridgehead atoms. The number of hydrogen-bond donors (Lipinski definition) is 4. The fourth-order valence-corrected chi connectivity index (χ4v) is 2.66. The summed E-state index contributed by atoms with van der Waals surface area (Å²) < 4.78 is 6.71. The van der Waals surface area contributed by atoms with Crippen LogP contribution in [0.25, 0.3) is 0 Å². The van der Waals surface area contributed by atoms with E-state index in [1.165, 1.54) is 10.8 Å². The van der Waals surface area contributed by atoms with Crippen molar-refractivity contribution >= 4 is 0 Å². The lowest BCUT2D eigenvalue weighted by atomic mass is 10.1. The Hall–Kier alpha value is -2.23. The van der Waals surface area contributed by atoms with E-state index in [-0.39, 0.29) is 13.0 Å². The van der Waals surface area contributed by atoms with Crippen molar-refractivity contribution < 1.29 is 14.9 Å². The monoisotopic (exact) mass is 322 g/mol. The summed E-state index contributed by atoms with van der Waals surface area (Å²) in [4.78, 5) is 33.2. The molecule has 4 N–H and O–H groups in total. The van der Waals surface area contributed by atoms with Crippen molar-refractivity contribution in [1.29, 1.82) is 0 Å². The van der Waals surface area contributed by atoms with Gasteiger partial charge < -0.3 is 19.9 Å². The van der Waals surface area contributed by atoms with Crippen LogP contribution in [-0.2, 0) is 17.6 Å². The van der Waals surface area contributed by atoms with Gasteiger partial charge in [0.1, 0.15) is 18.2 Å². The van der Waals surface area contributed by atoms with Crippen molar-refractivity contribution in [1.82, 2.24) is 19.5 Å². The third-order valence-electron chi connectivity index (χ3n) is 3.92. The van der Waals surface area contributed by atoms with E-state index >= 15 is 0 Å². The van der Waals surface area contributed by atoms with E-state index in [4.69, 9.17) is 9.84 Å². The van der Waals surface area contributed by atoms with Gasteiger partial charge in [-0.3, -0.25) is 14.3 Å². The molecular weight excluding hydrogens is 304 g/mol. The standard InChI is InChI=1S/C14H18N4O5/c19-7-10-9(20)5-12(23-10)18-6-8(13(21)17-14(18)22)1-2-11-15-3-4-16-11/h3-4,6,9-10,12,19-20H,1-2,5,7H2,(H,15,16)(H,17,21,22)/t9?,10-,12-/m0/s1. The molecule has 1 aliphatic rings. The Kier molecular flexibility index (Phi) is 4.42. The predicted octanol–water partition coefficient (Wildman–Crippen LogP) is -1.31. The minimum absolute atomic E-state index is 0.175. The topological polar surface area (TPSA) is 133 Å². The van der Waals surface area contributed by atoms with Crippen LogP contribution in [0.1, 0.15) is 24.0 Å². The first kappa shape index (κ1) is 15.7. The van der Waals surface area contributed by atoms with Crippen LogP contribution >= 0.6 is 0 Å². The van der Waals surface area contributed by atoms with Gasteiger partial charge in [-0.1, -0.05) is 0 Å². The first-order valence-electron chi connectivity index (χ1n) is 7.35. The van der Waals surface area contributed by atoms with E-state index in [1.54, 1.807) is 12.4 Å². The number of aliphatic hydroxyl groups excluding tert-OH is 2. The highest BCUT2D eigenvalue weighted by molar-refractivity contribution is 5.07. The second-order valence-electron chi connectivity index (χ2n) is 5.47. The molecule has 124 valence electrons. The molecule has 0 amide bonds. The summed E-state index contributed by atoms with van der Waals surface area (Å²) in [5.41, 5.74) is -0.630. The summed E-state index contributed by atoms with van der Waals surface area (Å²) in [7, 11) is 0. The van der Waals surface area contributed by atoms with Crippen molar-refractivity contribution in [3.8, 4) is 0 Å². The van der Waals surface area contributed by atoms with Crippen LogP contribution < -0.4 is 11.2 Å². The third kappa shape index (κ3) is 3.26. The van der Waals surface area contributed by atoms with Gasteiger partial charge in [0.2, 0.25) is 0 Å². The van der Waals surface area contributed by atoms with Crippen LogP contribution in [0.15, 0.2) is 28.2 Å². The normalized spacial score (nSPS) is 24.2. The molecule has 1 unspecified atom stereocenters. The predicted molar refractivity (Wildman–Crippen MR) is 78.9 cm³/mol. The van der Waals surface area contributed by atoms with E-state index < -0.39 is 29.7 Å². The van der Waals surface area contributed by atoms with Gasteiger partial charge in [-0.2, -0.15) is 0 Å². The van der Waals surface area contributed by atoms with Crippen LogP contribution in [0.4, 0.5) is 0 Å². The van der Waals surface area contributed by atoms with Crippen LogP contribution in [-0.4, -0.2) is 48.5 Å². The maximum atomic E-state index is 12.0. The van der Waals surface area contributed by atoms with Gasteiger partial charge in [-0.05, 0) is 6.42 Å². The maximum absolute atomic E-state index is 12.0. The number of ether oxygens (including phenoxy) is 1. The lowest BCUT2D eigenvalue weighted by Gasteiger charge is -2.15. The summed E-state index contributed by atoms with van der Waals surface area (Å²) >= 11 is 0. The molecule has 3 rings (SSSR count). The van der Waals surface area contributed by atoms with E-state index in [0.29, 0.717) is 18.4 Å². The van der Waals surface area contributed by atoms with Gasteiger partial charge in [-0.25, -0.2) is 9.78 Å². The Morgan fingerprint density at radius 2 is 2.22 bits per heavy atom. The van der Waals surface area contributed by atoms with Gasteiger partial charge in [0.05, 0.1) is 12.7 Å². The molecule has 9 heteroatoms. The molecule has 9 nitrogen and oxygen atoms in total. The Labute approximate surface area is 130 Å². The van der Waals surface area contributed by atoms with Gasteiger partial charge in [0.15, 0.2) is 0 Å². The van der Waals surface area contributed by atoms with Crippen LogP contribution in [0.2, 0.25) is 0 Å². The van der Waals surface area contributed by atoms with Crippen molar-refractivity contribution in [3.05, 3.63) is 50.8 Å². The molecule has 0 spiro atoms. The number of aliphatic hydroxyl groups is 2. The third-order valence-corrected chi connectivity index (χ3v) is 3.92. The molecule has 1 saturated heterocycles. The number of rotatable bonds is 5. The van der Waals surface area contributed by atoms with Crippen molar-refractivity contribution in [3.63, 3.8) is 0 Å². The van der Waals surface area contributed by atoms with Gasteiger partial charge in [-0.15, -0.1) is 0 Å². The average molecular weight is 322 g/mol. The van der Waals surface area contributed by atoms with Crippen LogP contribution in [0.3, 0.4) is 0 Å². The molecule has 2 aromatic rings. The van der Waals surface area contributed by atoms with Crippen molar-refractivity contribution in [2.75, 3.05) is 6.61 Å². The molecule has 0 aliphatic carbocycles. The molecule has 3 heterocycles. The maximum Gasteiger partial charge on any atom is 0.330 e. The fraction of sp³-hybridized carbons (Fsp3) is 0.500. The second-order valence-corrected chi connectivity index (χ2v) is 5.47. The molecule has 0 saturated carbocycles. The summed E-state index contributed by atoms with van der Waals surface area (Å²) in [5, 5.41) is 18.9. The summed E-state index contributed by atoms with van der Waals surface area (Å²) in [5.74, 6) is 0.745. The Balaban J connectivity index is 1.82. The highest BCUT2D eigenvalue weighted by atomic mass is 16.5. The minimum Gasteiger partial charge on any atom is -0.394 e. The Morgan fingerprint density at radius 1 is 1.39 bits per heavy atom. The zero-order valence-electron chi connectivity index (χ0n) is 12.3. The lowest BCUT2D eigenvalue weighted by molar-refractivity contribution is -0.0460. The quantitative estimate of drug-likeness (QED) is 0.540. The molecular formula is C14H18N4O5. The van der Waals surface area contributed by atoms with Gasteiger partial charge in [0.25, 0.3) is 5.56 Å². The highest BCUT2D eigenvalue weighted by Gasteiger charge is 2.35. The van der Waals surface area contributed by atoms with Crippen LogP contribution in [0.5, 0.6) is 0 Å². The number of aromatic amines is 2. The second kappa shape index (κ2) is 6.49. The zero-order valence-corrected chi connectivity index (χ0v) is 12.3. The van der Waals surface area contributed by atoms with Crippen LogP contribution in [0, 0.1) is 0 Å². The minimum atomic E-state index is -0.851. The largest absolute Gasteiger partial charge is 0.394 e. The molecule has 0 radical (unpaired) electrons. The number of nitrogens with zero attached hydrogens (tertiary/aromatic N) is 2. The Bertz CT molecular complexity index is 766. The first-order chi connectivity index (χ1) is 11.1. The fourth-order valence-electron chi connectivity index (χ4n) is 2.66. The lowest BCUT2D eigenvalue weighted by Crippen LogP contribution is -2.34. The van der Waals surface area contributed by atoms with Gasteiger partial charge >= 0.3 is 5.69 Å². The van der Waals surface area contributed by atoms with Gasteiger partial charge in [0, 0.05) is 37.0 Å². The average Bonchev–Trinajstić information content (AvgIpc) is 3.15. The summed E-state index contributed by atoms with van der Waals surface area (Å²) in [6.07, 6.45) is 3.58. The smallest absolute Gasteiger partial charge is 0.330 e. The number of H-pyrrole nitrogens is 2. The number of aryl methyl sites for hydroxylation is 2. The SMILES string of the molecule is O=c1[nH]c(=O)n([C@@H]2CC(O)[C@H](CO)O2)cc1CCc1ncc[nH]1. The van der Waals surface area contributed by atoms with E-state index in [9.17, 15) is 14.7 Å². The van der Waals surface area contributed by atoms with E-state index in [1.807, 2.05) is 0 Å². The molecule has 2 aromatic heterocycles. The zero-order chi connectivity index (χ0) is 16.4. The number of imidazole rings is 1. The Morgan fingerprint density at radius 3 is 2.87 bits per heavy atom. The van der Waals surface area contributed by atoms with E-state index in [0.717, 1.165) is 5.82 Å². The van der Waals surface area contributed by atoms with Crippen molar-refractivity contribution in [2.24, 2.45) is 0 Å². The van der Waals surface area contributed by atoms with Crippen molar-refractivity contribution in [2.45, 2.75) is 37.7 Å². The molecule has 1 fully saturated rings.